The van der Waals surface area contributed by atoms with E-state index in [0.717, 1.165) is 6.42 Å². The largest absolute Gasteiger partial charge is 0.324 e. The molecule has 0 spiro atoms. The maximum atomic E-state index is 5.83. The first kappa shape index (κ1) is 8.02. The Kier molecular flexibility index (Phi) is 2.87. The van der Waals surface area contributed by atoms with Gasteiger partial charge in [0, 0.05) is 6.04 Å². The zero-order chi connectivity index (χ0) is 8.10. The second-order valence-corrected chi connectivity index (χ2v) is 2.54. The zero-order valence-corrected chi connectivity index (χ0v) is 6.53. The molecule has 0 aliphatic carbocycles. The predicted molar refractivity (Wildman–Crippen MR) is 48.2 cm³/mol. The van der Waals surface area contributed by atoms with Crippen LogP contribution in [0, 0.1) is 0 Å². The molecule has 0 saturated carbocycles. The third kappa shape index (κ3) is 2.20. The van der Waals surface area contributed by atoms with E-state index in [1.165, 1.54) is 5.56 Å². The molecule has 0 amide bonds. The van der Waals surface area contributed by atoms with Gasteiger partial charge in [0.15, 0.2) is 0 Å². The predicted octanol–water partition coefficient (Wildman–Crippen LogP) is 2.26. The molecule has 0 aliphatic heterocycles. The maximum absolute atomic E-state index is 5.83. The molecule has 1 heteroatoms. The topological polar surface area (TPSA) is 26.0 Å². The number of benzene rings is 1. The van der Waals surface area contributed by atoms with Crippen molar-refractivity contribution in [2.75, 3.05) is 0 Å². The molecule has 11 heavy (non-hydrogen) atoms. The number of nitrogens with two attached hydrogens (primary N) is 1. The molecule has 2 N–H and O–H groups in total. The van der Waals surface area contributed by atoms with Gasteiger partial charge >= 0.3 is 0 Å². The van der Waals surface area contributed by atoms with Crippen molar-refractivity contribution in [3.63, 3.8) is 0 Å². The van der Waals surface area contributed by atoms with Crippen molar-refractivity contribution < 1.29 is 0 Å². The van der Waals surface area contributed by atoms with E-state index in [9.17, 15) is 0 Å². The van der Waals surface area contributed by atoms with Crippen molar-refractivity contribution in [3.8, 4) is 0 Å². The summed E-state index contributed by atoms with van der Waals surface area (Å²) in [4.78, 5) is 0. The summed E-state index contributed by atoms with van der Waals surface area (Å²) in [7, 11) is 0. The number of hydrogen-bond acceptors (Lipinski definition) is 1. The molecule has 0 unspecified atom stereocenters. The summed E-state index contributed by atoms with van der Waals surface area (Å²) in [6, 6.07) is 10.2. The highest BCUT2D eigenvalue weighted by Gasteiger charge is 2.00. The molecular formula is C10H13N. The summed E-state index contributed by atoms with van der Waals surface area (Å²) in [6.45, 7) is 3.65. The Morgan fingerprint density at radius 1 is 1.36 bits per heavy atom. The average molecular weight is 147 g/mol. The van der Waals surface area contributed by atoms with E-state index in [1.807, 2.05) is 36.4 Å². The Hall–Kier alpha value is -1.08. The lowest BCUT2D eigenvalue weighted by molar-refractivity contribution is 0.742. The lowest BCUT2D eigenvalue weighted by Gasteiger charge is -2.07. The van der Waals surface area contributed by atoms with E-state index in [2.05, 4.69) is 6.58 Å². The minimum absolute atomic E-state index is 0.105. The lowest BCUT2D eigenvalue weighted by atomic mass is 10.1. The summed E-state index contributed by atoms with van der Waals surface area (Å²) in [5, 5.41) is 0. The molecule has 0 saturated heterocycles. The number of hydrogen-bond donors (Lipinski definition) is 1. The first-order chi connectivity index (χ1) is 5.34. The third-order valence-electron chi connectivity index (χ3n) is 1.65. The Morgan fingerprint density at radius 3 is 2.55 bits per heavy atom. The summed E-state index contributed by atoms with van der Waals surface area (Å²) in [5.41, 5.74) is 7.01. The molecule has 1 rings (SSSR count). The molecule has 0 fully saturated rings. The van der Waals surface area contributed by atoms with E-state index in [-0.39, 0.29) is 6.04 Å². The van der Waals surface area contributed by atoms with Gasteiger partial charge in [-0.2, -0.15) is 0 Å². The van der Waals surface area contributed by atoms with E-state index in [4.69, 9.17) is 5.73 Å². The van der Waals surface area contributed by atoms with Crippen molar-refractivity contribution in [2.45, 2.75) is 12.5 Å². The second-order valence-electron chi connectivity index (χ2n) is 2.54. The molecule has 58 valence electrons. The van der Waals surface area contributed by atoms with Gasteiger partial charge in [-0.1, -0.05) is 36.4 Å². The van der Waals surface area contributed by atoms with Gasteiger partial charge in [-0.3, -0.25) is 0 Å². The van der Waals surface area contributed by atoms with Crippen LogP contribution in [-0.2, 0) is 0 Å². The molecule has 1 nitrogen and oxygen atoms in total. The van der Waals surface area contributed by atoms with Gasteiger partial charge in [0.25, 0.3) is 0 Å². The van der Waals surface area contributed by atoms with Crippen LogP contribution in [0.5, 0.6) is 0 Å². The summed E-state index contributed by atoms with van der Waals surface area (Å²) >= 11 is 0. The average Bonchev–Trinajstić information content (AvgIpc) is 2.07. The molecule has 0 aromatic heterocycles. The SMILES string of the molecule is C=CC[C@H](N)c1ccccc1. The third-order valence-corrected chi connectivity index (χ3v) is 1.65. The maximum Gasteiger partial charge on any atom is 0.0329 e. The molecule has 1 aromatic carbocycles. The lowest BCUT2D eigenvalue weighted by Crippen LogP contribution is -2.08. The van der Waals surface area contributed by atoms with Crippen LogP contribution in [-0.4, -0.2) is 0 Å². The van der Waals surface area contributed by atoms with Crippen LogP contribution in [0.15, 0.2) is 43.0 Å². The standard InChI is InChI=1S/C10H13N/c1-2-6-10(11)9-7-4-3-5-8-9/h2-5,7-8,10H,1,6,11H2/t10-/m0/s1. The van der Waals surface area contributed by atoms with E-state index in [0.29, 0.717) is 0 Å². The van der Waals surface area contributed by atoms with Gasteiger partial charge in [0.1, 0.15) is 0 Å². The van der Waals surface area contributed by atoms with Crippen LogP contribution in [0.3, 0.4) is 0 Å². The van der Waals surface area contributed by atoms with Crippen molar-refractivity contribution in [1.82, 2.24) is 0 Å². The molecule has 0 heterocycles. The fraction of sp³-hybridized carbons (Fsp3) is 0.200. The summed E-state index contributed by atoms with van der Waals surface area (Å²) in [6.07, 6.45) is 2.68. The number of rotatable bonds is 3. The molecule has 0 bridgehead atoms. The Balaban J connectivity index is 2.68. The minimum atomic E-state index is 0.105. The van der Waals surface area contributed by atoms with E-state index in [1.54, 1.807) is 0 Å². The summed E-state index contributed by atoms with van der Waals surface area (Å²) in [5.74, 6) is 0. The van der Waals surface area contributed by atoms with Crippen LogP contribution < -0.4 is 5.73 Å². The highest BCUT2D eigenvalue weighted by atomic mass is 14.6. The zero-order valence-electron chi connectivity index (χ0n) is 6.53. The van der Waals surface area contributed by atoms with E-state index >= 15 is 0 Å². The van der Waals surface area contributed by atoms with Crippen molar-refractivity contribution in [1.29, 1.82) is 0 Å². The van der Waals surface area contributed by atoms with Gasteiger partial charge in [0.05, 0.1) is 0 Å². The Bertz CT molecular complexity index is 216. The molecule has 1 atom stereocenters. The first-order valence-corrected chi connectivity index (χ1v) is 3.76. The molecule has 0 aliphatic rings. The van der Waals surface area contributed by atoms with Crippen molar-refractivity contribution in [3.05, 3.63) is 48.6 Å². The van der Waals surface area contributed by atoms with Crippen LogP contribution in [0.25, 0.3) is 0 Å². The Morgan fingerprint density at radius 2 is 2.00 bits per heavy atom. The van der Waals surface area contributed by atoms with Crippen LogP contribution in [0.1, 0.15) is 18.0 Å². The molecule has 0 radical (unpaired) electrons. The first-order valence-electron chi connectivity index (χ1n) is 3.76. The van der Waals surface area contributed by atoms with Gasteiger partial charge in [-0.05, 0) is 12.0 Å². The minimum Gasteiger partial charge on any atom is -0.324 e. The van der Waals surface area contributed by atoms with Crippen molar-refractivity contribution in [2.24, 2.45) is 5.73 Å². The normalized spacial score (nSPS) is 12.5. The van der Waals surface area contributed by atoms with Gasteiger partial charge in [-0.15, -0.1) is 6.58 Å². The fourth-order valence-corrected chi connectivity index (χ4v) is 1.02. The van der Waals surface area contributed by atoms with Crippen LogP contribution in [0.4, 0.5) is 0 Å². The fourth-order valence-electron chi connectivity index (χ4n) is 1.02. The highest BCUT2D eigenvalue weighted by molar-refractivity contribution is 5.18. The van der Waals surface area contributed by atoms with Crippen molar-refractivity contribution >= 4 is 0 Å². The van der Waals surface area contributed by atoms with Gasteiger partial charge < -0.3 is 5.73 Å². The highest BCUT2D eigenvalue weighted by Crippen LogP contribution is 2.12. The monoisotopic (exact) mass is 147 g/mol. The van der Waals surface area contributed by atoms with Crippen LogP contribution >= 0.6 is 0 Å². The Labute approximate surface area is 67.5 Å². The quantitative estimate of drug-likeness (QED) is 0.652. The second kappa shape index (κ2) is 3.94. The molecular weight excluding hydrogens is 134 g/mol. The van der Waals surface area contributed by atoms with Crippen LogP contribution in [0.2, 0.25) is 0 Å². The molecule has 1 aromatic rings. The van der Waals surface area contributed by atoms with Gasteiger partial charge in [-0.25, -0.2) is 0 Å². The van der Waals surface area contributed by atoms with E-state index < -0.39 is 0 Å². The smallest absolute Gasteiger partial charge is 0.0329 e. The van der Waals surface area contributed by atoms with Gasteiger partial charge in [0.2, 0.25) is 0 Å². The summed E-state index contributed by atoms with van der Waals surface area (Å²) < 4.78 is 0.